The van der Waals surface area contributed by atoms with Crippen LogP contribution < -0.4 is 10.6 Å². The lowest BCUT2D eigenvalue weighted by Gasteiger charge is -2.31. The van der Waals surface area contributed by atoms with Gasteiger partial charge in [-0.15, -0.1) is 0 Å². The van der Waals surface area contributed by atoms with E-state index in [1.165, 1.54) is 16.4 Å². The molecule has 2 saturated heterocycles. The topological polar surface area (TPSA) is 148 Å². The van der Waals surface area contributed by atoms with Crippen molar-refractivity contribution >= 4 is 39.4 Å². The van der Waals surface area contributed by atoms with Gasteiger partial charge in [-0.05, 0) is 60.7 Å². The molecule has 0 saturated carbocycles. The van der Waals surface area contributed by atoms with E-state index in [0.717, 1.165) is 17.7 Å². The van der Waals surface area contributed by atoms with Crippen LogP contribution in [0.4, 0.5) is 10.5 Å². The van der Waals surface area contributed by atoms with Crippen LogP contribution in [-0.2, 0) is 42.5 Å². The molecular formula is C35H42N4O8S. The maximum Gasteiger partial charge on any atom is 0.407 e. The molecule has 2 amide bonds. The molecule has 4 heterocycles. The van der Waals surface area contributed by atoms with Crippen molar-refractivity contribution in [3.8, 4) is 0 Å². The van der Waals surface area contributed by atoms with Gasteiger partial charge in [0.1, 0.15) is 6.10 Å². The molecule has 256 valence electrons. The van der Waals surface area contributed by atoms with Gasteiger partial charge >= 0.3 is 6.09 Å². The number of fused-ring (bicyclic) bond motifs is 2. The van der Waals surface area contributed by atoms with E-state index in [9.17, 15) is 23.1 Å². The number of anilines is 1. The fourth-order valence-electron chi connectivity index (χ4n) is 6.43. The molecule has 3 aliphatic rings. The number of aliphatic hydroxyl groups is 1. The van der Waals surface area contributed by atoms with E-state index in [4.69, 9.17) is 14.2 Å². The Hall–Kier alpha value is -4.01. The second kappa shape index (κ2) is 14.2. The molecule has 0 aliphatic carbocycles. The van der Waals surface area contributed by atoms with E-state index in [-0.39, 0.29) is 55.0 Å². The summed E-state index contributed by atoms with van der Waals surface area (Å²) >= 11 is 0. The van der Waals surface area contributed by atoms with Gasteiger partial charge in [0.2, 0.25) is 10.0 Å². The fourth-order valence-corrected chi connectivity index (χ4v) is 8.08. The molecule has 2 fully saturated rings. The van der Waals surface area contributed by atoms with Crippen LogP contribution in [0.1, 0.15) is 37.1 Å². The van der Waals surface area contributed by atoms with Crippen LogP contribution in [0.3, 0.4) is 0 Å². The van der Waals surface area contributed by atoms with E-state index in [0.29, 0.717) is 23.4 Å². The summed E-state index contributed by atoms with van der Waals surface area (Å²) in [6.45, 7) is 4.37. The number of rotatable bonds is 12. The lowest BCUT2D eigenvalue weighted by molar-refractivity contribution is -0.110. The van der Waals surface area contributed by atoms with Crippen LogP contribution in [0.2, 0.25) is 0 Å². The number of hydrogen-bond acceptors (Lipinski definition) is 8. The molecule has 1 aromatic heterocycles. The second-order valence-electron chi connectivity index (χ2n) is 13.0. The molecule has 12 nitrogen and oxygen atoms in total. The number of nitrogens with one attached hydrogen (secondary N) is 2. The first-order chi connectivity index (χ1) is 23.0. The van der Waals surface area contributed by atoms with Crippen molar-refractivity contribution in [1.29, 1.82) is 0 Å². The number of nitrogens with zero attached hydrogens (tertiary/aromatic N) is 2. The predicted octanol–water partition coefficient (Wildman–Crippen LogP) is 3.62. The van der Waals surface area contributed by atoms with Crippen molar-refractivity contribution in [2.24, 2.45) is 18.9 Å². The highest BCUT2D eigenvalue weighted by Gasteiger charge is 2.44. The third-order valence-corrected chi connectivity index (χ3v) is 10.8. The molecule has 0 spiro atoms. The number of alkyl carbamates (subject to hydrolysis) is 1. The smallest absolute Gasteiger partial charge is 0.407 e. The van der Waals surface area contributed by atoms with E-state index >= 15 is 0 Å². The Bertz CT molecular complexity index is 1770. The van der Waals surface area contributed by atoms with Crippen molar-refractivity contribution in [1.82, 2.24) is 14.2 Å². The molecule has 3 aromatic rings. The Kier molecular flexibility index (Phi) is 10.0. The monoisotopic (exact) mass is 678 g/mol. The minimum Gasteiger partial charge on any atom is -0.443 e. The van der Waals surface area contributed by atoms with Crippen LogP contribution in [-0.4, -0.2) is 85.2 Å². The normalized spacial score (nSPS) is 22.5. The Morgan fingerprint density at radius 3 is 2.67 bits per heavy atom. The van der Waals surface area contributed by atoms with Crippen LogP contribution in [0.25, 0.3) is 11.6 Å². The summed E-state index contributed by atoms with van der Waals surface area (Å²) in [5.41, 5.74) is 2.99. The van der Waals surface area contributed by atoms with Crippen LogP contribution in [0.15, 0.2) is 71.8 Å². The molecule has 3 aliphatic heterocycles. The van der Waals surface area contributed by atoms with Crippen molar-refractivity contribution in [3.63, 3.8) is 0 Å². The molecule has 3 N–H and O–H groups in total. The number of carbonyl (C=O) groups excluding carboxylic acids is 2. The average Bonchev–Trinajstić information content (AvgIpc) is 3.83. The summed E-state index contributed by atoms with van der Waals surface area (Å²) < 4.78 is 48.5. The number of ether oxygens (including phenoxy) is 3. The van der Waals surface area contributed by atoms with Crippen molar-refractivity contribution < 1.29 is 37.3 Å². The number of benzene rings is 2. The maximum absolute atomic E-state index is 14.2. The minimum atomic E-state index is -4.16. The molecule has 0 bridgehead atoms. The number of aryl methyl sites for hydroxylation is 1. The molecule has 0 unspecified atom stereocenters. The number of sulfonamides is 1. The molecule has 5 atom stereocenters. The molecule has 2 aromatic carbocycles. The van der Waals surface area contributed by atoms with Gasteiger partial charge in [0.15, 0.2) is 6.29 Å². The van der Waals surface area contributed by atoms with E-state index in [1.54, 1.807) is 12.1 Å². The van der Waals surface area contributed by atoms with E-state index < -0.39 is 34.4 Å². The lowest BCUT2D eigenvalue weighted by Crippen LogP contribution is -2.51. The zero-order valence-corrected chi connectivity index (χ0v) is 28.1. The highest BCUT2D eigenvalue weighted by Crippen LogP contribution is 2.36. The molecule has 6 rings (SSSR count). The first-order valence-electron chi connectivity index (χ1n) is 16.2. The summed E-state index contributed by atoms with van der Waals surface area (Å²) in [5, 5.41) is 17.3. The van der Waals surface area contributed by atoms with E-state index in [2.05, 4.69) is 10.6 Å². The molecule has 13 heteroatoms. The van der Waals surface area contributed by atoms with Gasteiger partial charge in [-0.1, -0.05) is 44.2 Å². The third-order valence-electron chi connectivity index (χ3n) is 8.96. The zero-order valence-electron chi connectivity index (χ0n) is 27.2. The molecule has 48 heavy (non-hydrogen) atoms. The third kappa shape index (κ3) is 7.35. The summed E-state index contributed by atoms with van der Waals surface area (Å²) in [4.78, 5) is 26.0. The molecule has 0 radical (unpaired) electrons. The SMILES string of the molecule is CC(C)CN(C[C@@H](O)[C@H](Cc1ccccc1)NC(=O)O[C@H]1CO[C@H]2OCC[C@H]21)S(=O)(=O)c1ccc2c(c1)/C(=C/c1cccn1C)C(=O)N2. The summed E-state index contributed by atoms with van der Waals surface area (Å²) in [5.74, 6) is -0.454. The quantitative estimate of drug-likeness (QED) is 0.246. The van der Waals surface area contributed by atoms with Gasteiger partial charge in [-0.3, -0.25) is 4.79 Å². The highest BCUT2D eigenvalue weighted by atomic mass is 32.2. The maximum atomic E-state index is 14.2. The summed E-state index contributed by atoms with van der Waals surface area (Å²) in [6, 6.07) is 16.7. The standard InChI is InChI=1S/C35H42N4O8S/c1-22(2)19-39(48(43,44)25-11-12-29-27(18-25)28(33(41)36-29)17-24-10-7-14-38(24)3)20-31(40)30(16-23-8-5-4-6-9-23)37-35(42)47-32-21-46-34-26(32)13-15-45-34/h4-12,14,17-18,22,26,30-32,34,40H,13,15-16,19-21H2,1-3H3,(H,36,41)(H,37,42)/b28-17-/t26-,30-,31+,32-,34+/m0/s1. The van der Waals surface area contributed by atoms with Gasteiger partial charge in [0, 0.05) is 43.3 Å². The van der Waals surface area contributed by atoms with Crippen LogP contribution >= 0.6 is 0 Å². The Morgan fingerprint density at radius 2 is 1.94 bits per heavy atom. The van der Waals surface area contributed by atoms with Crippen molar-refractivity contribution in [2.75, 3.05) is 31.6 Å². The Labute approximate surface area is 280 Å². The van der Waals surface area contributed by atoms with Gasteiger partial charge in [-0.2, -0.15) is 4.31 Å². The number of aromatic nitrogens is 1. The van der Waals surface area contributed by atoms with Crippen LogP contribution in [0.5, 0.6) is 0 Å². The van der Waals surface area contributed by atoms with Gasteiger partial charge in [0.25, 0.3) is 5.91 Å². The van der Waals surface area contributed by atoms with Gasteiger partial charge < -0.3 is 34.5 Å². The van der Waals surface area contributed by atoms with Crippen molar-refractivity contribution in [2.45, 2.75) is 56.1 Å². The Balaban J connectivity index is 1.24. The minimum absolute atomic E-state index is 0.00932. The zero-order chi connectivity index (χ0) is 34.0. The predicted molar refractivity (Wildman–Crippen MR) is 179 cm³/mol. The van der Waals surface area contributed by atoms with E-state index in [1.807, 2.05) is 74.1 Å². The highest BCUT2D eigenvalue weighted by molar-refractivity contribution is 7.89. The Morgan fingerprint density at radius 1 is 1.15 bits per heavy atom. The molecular weight excluding hydrogens is 636 g/mol. The first-order valence-corrected chi connectivity index (χ1v) is 17.6. The largest absolute Gasteiger partial charge is 0.443 e. The van der Waals surface area contributed by atoms with Crippen molar-refractivity contribution in [3.05, 3.63) is 83.7 Å². The number of hydrogen-bond donors (Lipinski definition) is 3. The number of aliphatic hydroxyl groups excluding tert-OH is 1. The number of carbonyl (C=O) groups is 2. The van der Waals surface area contributed by atoms with Crippen LogP contribution in [0, 0.1) is 11.8 Å². The summed E-state index contributed by atoms with van der Waals surface area (Å²) in [7, 11) is -2.30. The number of amides is 2. The summed E-state index contributed by atoms with van der Waals surface area (Å²) in [6.07, 6.45) is 1.66. The van der Waals surface area contributed by atoms with Gasteiger partial charge in [0.05, 0.1) is 41.7 Å². The lowest BCUT2D eigenvalue weighted by atomic mass is 10.0. The fraction of sp³-hybridized carbons (Fsp3) is 0.429. The second-order valence-corrected chi connectivity index (χ2v) is 14.9. The average molecular weight is 679 g/mol. The first kappa shape index (κ1) is 33.9. The van der Waals surface area contributed by atoms with Gasteiger partial charge in [-0.25, -0.2) is 13.2 Å².